The summed E-state index contributed by atoms with van der Waals surface area (Å²) in [4.78, 5) is 29.7. The van der Waals surface area contributed by atoms with E-state index >= 15 is 0 Å². The van der Waals surface area contributed by atoms with E-state index in [1.54, 1.807) is 16.8 Å². The lowest BCUT2D eigenvalue weighted by Crippen LogP contribution is -2.48. The Bertz CT molecular complexity index is 767. The maximum absolute atomic E-state index is 12.6. The first-order valence-corrected chi connectivity index (χ1v) is 8.01. The van der Waals surface area contributed by atoms with Crippen LogP contribution in [0.2, 0.25) is 0 Å². The molecule has 1 saturated heterocycles. The molecule has 3 heterocycles. The molecule has 0 unspecified atom stereocenters. The predicted octanol–water partition coefficient (Wildman–Crippen LogP) is 1.96. The van der Waals surface area contributed by atoms with Crippen molar-refractivity contribution >= 4 is 11.9 Å². The number of carbonyl (C=O) groups excluding carboxylic acids is 1. The Morgan fingerprint density at radius 3 is 2.62 bits per heavy atom. The first kappa shape index (κ1) is 16.2. The van der Waals surface area contributed by atoms with Crippen molar-refractivity contribution in [2.24, 2.45) is 0 Å². The molecule has 126 valence electrons. The van der Waals surface area contributed by atoms with Gasteiger partial charge in [0.2, 0.25) is 0 Å². The number of hydrogen-bond donors (Lipinski definition) is 1. The molecule has 2 aromatic rings. The summed E-state index contributed by atoms with van der Waals surface area (Å²) in [6.45, 7) is 4.31. The smallest absolute Gasteiger partial charge is 0.326 e. The summed E-state index contributed by atoms with van der Waals surface area (Å²) in [5.74, 6) is -0.602. The number of aliphatic carboxylic acids is 1. The van der Waals surface area contributed by atoms with Crippen molar-refractivity contribution in [3.8, 4) is 5.82 Å². The van der Waals surface area contributed by atoms with Gasteiger partial charge in [0.1, 0.15) is 6.04 Å². The van der Waals surface area contributed by atoms with Crippen molar-refractivity contribution in [1.82, 2.24) is 19.7 Å². The number of piperidine rings is 1. The van der Waals surface area contributed by atoms with Gasteiger partial charge < -0.3 is 10.0 Å². The van der Waals surface area contributed by atoms with Crippen LogP contribution in [0, 0.1) is 13.8 Å². The third-order valence-electron chi connectivity index (χ3n) is 4.27. The molecule has 0 aliphatic carbocycles. The van der Waals surface area contributed by atoms with E-state index in [0.29, 0.717) is 24.3 Å². The minimum Gasteiger partial charge on any atom is -0.480 e. The third-order valence-corrected chi connectivity index (χ3v) is 4.27. The number of hydrogen-bond acceptors (Lipinski definition) is 4. The van der Waals surface area contributed by atoms with Crippen LogP contribution in [0.4, 0.5) is 0 Å². The Balaban J connectivity index is 1.83. The summed E-state index contributed by atoms with van der Waals surface area (Å²) >= 11 is 0. The molecule has 3 rings (SSSR count). The van der Waals surface area contributed by atoms with Crippen LogP contribution in [0.25, 0.3) is 5.82 Å². The minimum atomic E-state index is -0.949. The van der Waals surface area contributed by atoms with E-state index in [1.807, 2.05) is 19.9 Å². The fourth-order valence-electron chi connectivity index (χ4n) is 3.10. The summed E-state index contributed by atoms with van der Waals surface area (Å²) in [5.41, 5.74) is 2.25. The topological polar surface area (TPSA) is 88.3 Å². The van der Waals surface area contributed by atoms with Gasteiger partial charge in [0, 0.05) is 18.4 Å². The molecule has 24 heavy (non-hydrogen) atoms. The van der Waals surface area contributed by atoms with E-state index in [2.05, 4.69) is 10.1 Å². The SMILES string of the molecule is Cc1cc(C)n(-c2ccc(C(=O)N3CCCC[C@@H]3C(=O)O)cn2)n1. The molecular formula is C17H20N4O3. The van der Waals surface area contributed by atoms with Crippen LogP contribution in [0.5, 0.6) is 0 Å². The molecule has 1 atom stereocenters. The summed E-state index contributed by atoms with van der Waals surface area (Å²) in [6.07, 6.45) is 3.64. The molecule has 1 aliphatic heterocycles. The Hall–Kier alpha value is -2.70. The molecule has 1 aliphatic rings. The molecule has 0 bridgehead atoms. The fourth-order valence-corrected chi connectivity index (χ4v) is 3.10. The number of likely N-dealkylation sites (tertiary alicyclic amines) is 1. The minimum absolute atomic E-state index is 0.283. The van der Waals surface area contributed by atoms with Crippen molar-refractivity contribution in [3.63, 3.8) is 0 Å². The van der Waals surface area contributed by atoms with Gasteiger partial charge in [0.05, 0.1) is 11.3 Å². The Kier molecular flexibility index (Phi) is 4.33. The summed E-state index contributed by atoms with van der Waals surface area (Å²) in [7, 11) is 0. The highest BCUT2D eigenvalue weighted by Gasteiger charge is 2.32. The zero-order valence-electron chi connectivity index (χ0n) is 13.8. The molecule has 1 amide bonds. The van der Waals surface area contributed by atoms with Gasteiger partial charge in [-0.05, 0) is 51.3 Å². The van der Waals surface area contributed by atoms with Gasteiger partial charge in [-0.1, -0.05) is 0 Å². The molecular weight excluding hydrogens is 308 g/mol. The third kappa shape index (κ3) is 3.02. The van der Waals surface area contributed by atoms with Gasteiger partial charge in [0.25, 0.3) is 5.91 Å². The molecule has 7 nitrogen and oxygen atoms in total. The number of nitrogens with zero attached hydrogens (tertiary/aromatic N) is 4. The highest BCUT2D eigenvalue weighted by atomic mass is 16.4. The first-order chi connectivity index (χ1) is 11.5. The predicted molar refractivity (Wildman–Crippen MR) is 87.1 cm³/mol. The number of aromatic nitrogens is 3. The van der Waals surface area contributed by atoms with Crippen LogP contribution in [0.15, 0.2) is 24.4 Å². The zero-order valence-corrected chi connectivity index (χ0v) is 13.8. The van der Waals surface area contributed by atoms with Gasteiger partial charge in [0.15, 0.2) is 5.82 Å². The van der Waals surface area contributed by atoms with Crippen molar-refractivity contribution in [1.29, 1.82) is 0 Å². The second kappa shape index (κ2) is 6.43. The van der Waals surface area contributed by atoms with Crippen molar-refractivity contribution in [2.75, 3.05) is 6.54 Å². The second-order valence-corrected chi connectivity index (χ2v) is 6.09. The van der Waals surface area contributed by atoms with Gasteiger partial charge in [-0.25, -0.2) is 14.5 Å². The Labute approximate surface area is 139 Å². The van der Waals surface area contributed by atoms with Gasteiger partial charge in [-0.15, -0.1) is 0 Å². The highest BCUT2D eigenvalue weighted by Crippen LogP contribution is 2.20. The van der Waals surface area contributed by atoms with Crippen LogP contribution in [-0.4, -0.2) is 49.2 Å². The van der Waals surface area contributed by atoms with Gasteiger partial charge in [-0.3, -0.25) is 4.79 Å². The van der Waals surface area contributed by atoms with Crippen molar-refractivity contribution in [2.45, 2.75) is 39.2 Å². The monoisotopic (exact) mass is 328 g/mol. The number of pyridine rings is 1. The number of rotatable bonds is 3. The zero-order chi connectivity index (χ0) is 17.3. The van der Waals surface area contributed by atoms with E-state index in [9.17, 15) is 14.7 Å². The molecule has 0 saturated carbocycles. The largest absolute Gasteiger partial charge is 0.480 e. The lowest BCUT2D eigenvalue weighted by Gasteiger charge is -2.32. The van der Waals surface area contributed by atoms with Gasteiger partial charge in [-0.2, -0.15) is 5.10 Å². The second-order valence-electron chi connectivity index (χ2n) is 6.09. The highest BCUT2D eigenvalue weighted by molar-refractivity contribution is 5.96. The fraction of sp³-hybridized carbons (Fsp3) is 0.412. The van der Waals surface area contributed by atoms with Gasteiger partial charge >= 0.3 is 5.97 Å². The molecule has 1 fully saturated rings. The number of carbonyl (C=O) groups is 2. The molecule has 7 heteroatoms. The van der Waals surface area contributed by atoms with Crippen LogP contribution in [0.1, 0.15) is 41.0 Å². The van der Waals surface area contributed by atoms with Crippen molar-refractivity contribution < 1.29 is 14.7 Å². The lowest BCUT2D eigenvalue weighted by atomic mass is 10.0. The van der Waals surface area contributed by atoms with E-state index in [0.717, 1.165) is 24.2 Å². The average molecular weight is 328 g/mol. The van der Waals surface area contributed by atoms with Crippen molar-refractivity contribution in [3.05, 3.63) is 41.3 Å². The standard InChI is InChI=1S/C17H20N4O3/c1-11-9-12(2)21(19-11)15-7-6-13(10-18-15)16(22)20-8-4-3-5-14(20)17(23)24/h6-7,9-10,14H,3-5,8H2,1-2H3,(H,23,24)/t14-/m1/s1. The maximum atomic E-state index is 12.6. The Morgan fingerprint density at radius 2 is 2.04 bits per heavy atom. The van der Waals surface area contributed by atoms with Crippen LogP contribution >= 0.6 is 0 Å². The summed E-state index contributed by atoms with van der Waals surface area (Å²) < 4.78 is 1.71. The van der Waals surface area contributed by atoms with Crippen LogP contribution in [0.3, 0.4) is 0 Å². The normalized spacial score (nSPS) is 17.8. The van der Waals surface area contributed by atoms with E-state index < -0.39 is 12.0 Å². The molecule has 0 radical (unpaired) electrons. The summed E-state index contributed by atoms with van der Waals surface area (Å²) in [6, 6.07) is 4.61. The number of amides is 1. The van der Waals surface area contributed by atoms with Crippen LogP contribution in [-0.2, 0) is 4.79 Å². The molecule has 0 aromatic carbocycles. The lowest BCUT2D eigenvalue weighted by molar-refractivity contribution is -0.143. The molecule has 2 aromatic heterocycles. The average Bonchev–Trinajstić information content (AvgIpc) is 2.92. The molecule has 1 N–H and O–H groups in total. The Morgan fingerprint density at radius 1 is 1.25 bits per heavy atom. The van der Waals surface area contributed by atoms with E-state index in [1.165, 1.54) is 11.1 Å². The number of carboxylic acids is 1. The maximum Gasteiger partial charge on any atom is 0.326 e. The quantitative estimate of drug-likeness (QED) is 0.930. The first-order valence-electron chi connectivity index (χ1n) is 8.01. The van der Waals surface area contributed by atoms with Crippen LogP contribution < -0.4 is 0 Å². The number of aryl methyl sites for hydroxylation is 2. The number of carboxylic acid groups (broad SMARTS) is 1. The van der Waals surface area contributed by atoms with E-state index in [-0.39, 0.29) is 5.91 Å². The molecule has 0 spiro atoms. The summed E-state index contributed by atoms with van der Waals surface area (Å²) in [5, 5.41) is 13.7. The van der Waals surface area contributed by atoms with E-state index in [4.69, 9.17) is 0 Å².